The summed E-state index contributed by atoms with van der Waals surface area (Å²) in [7, 11) is 0. The minimum absolute atomic E-state index is 0.216. The molecule has 1 atom stereocenters. The van der Waals surface area contributed by atoms with E-state index in [1.165, 1.54) is 11.3 Å². The Balaban J connectivity index is 1.43. The smallest absolute Gasteiger partial charge is 0.341 e. The fourth-order valence-electron chi connectivity index (χ4n) is 4.15. The molecule has 0 spiro atoms. The molecule has 0 saturated carbocycles. The van der Waals surface area contributed by atoms with E-state index in [0.717, 1.165) is 21.8 Å². The Labute approximate surface area is 243 Å². The first-order valence-electron chi connectivity index (χ1n) is 13.3. The molecule has 4 aromatic rings. The Morgan fingerprint density at radius 2 is 1.49 bits per heavy atom. The second-order valence-electron chi connectivity index (χ2n) is 9.01. The highest BCUT2D eigenvalue weighted by molar-refractivity contribution is 7.17. The van der Waals surface area contributed by atoms with Gasteiger partial charge < -0.3 is 24.8 Å². The summed E-state index contributed by atoms with van der Waals surface area (Å²) in [6, 6.07) is 23.1. The number of carbonyl (C=O) groups excluding carboxylic acids is 3. The highest BCUT2D eigenvalue weighted by atomic mass is 32.1. The van der Waals surface area contributed by atoms with Gasteiger partial charge in [-0.3, -0.25) is 9.59 Å². The largest absolute Gasteiger partial charge is 0.494 e. The topological polar surface area (TPSA) is 103 Å². The van der Waals surface area contributed by atoms with Crippen LogP contribution >= 0.6 is 11.3 Å². The molecule has 212 valence electrons. The molecule has 1 heterocycles. The summed E-state index contributed by atoms with van der Waals surface area (Å²) in [5, 5.41) is 6.11. The van der Waals surface area contributed by atoms with E-state index in [1.807, 2.05) is 44.2 Å². The highest BCUT2D eigenvalue weighted by Gasteiger charge is 2.26. The van der Waals surface area contributed by atoms with Gasteiger partial charge in [-0.05, 0) is 81.8 Å². The van der Waals surface area contributed by atoms with Crippen LogP contribution in [-0.2, 0) is 9.53 Å². The lowest BCUT2D eigenvalue weighted by atomic mass is 10.0. The lowest BCUT2D eigenvalue weighted by Crippen LogP contribution is -2.30. The van der Waals surface area contributed by atoms with Crippen LogP contribution in [-0.4, -0.2) is 37.1 Å². The molecule has 0 bridgehead atoms. The Morgan fingerprint density at radius 1 is 0.829 bits per heavy atom. The molecule has 0 radical (unpaired) electrons. The van der Waals surface area contributed by atoms with Gasteiger partial charge in [0.1, 0.15) is 22.1 Å². The average Bonchev–Trinajstić information content (AvgIpc) is 3.30. The van der Waals surface area contributed by atoms with Crippen LogP contribution in [0, 0.1) is 6.92 Å². The molecule has 9 heteroatoms. The monoisotopic (exact) mass is 572 g/mol. The van der Waals surface area contributed by atoms with Gasteiger partial charge in [0.25, 0.3) is 11.8 Å². The van der Waals surface area contributed by atoms with Crippen LogP contribution in [0.25, 0.3) is 11.1 Å². The second kappa shape index (κ2) is 13.6. The Hall–Kier alpha value is -4.63. The van der Waals surface area contributed by atoms with Crippen LogP contribution in [0.3, 0.4) is 0 Å². The lowest BCUT2D eigenvalue weighted by molar-refractivity contribution is -0.122. The number of thiophene rings is 1. The van der Waals surface area contributed by atoms with Gasteiger partial charge in [0.2, 0.25) is 0 Å². The number of amides is 2. The minimum Gasteiger partial charge on any atom is -0.494 e. The van der Waals surface area contributed by atoms with E-state index < -0.39 is 12.1 Å². The molecule has 4 rings (SSSR count). The summed E-state index contributed by atoms with van der Waals surface area (Å²) < 4.78 is 16.5. The van der Waals surface area contributed by atoms with E-state index in [2.05, 4.69) is 10.6 Å². The third-order valence-electron chi connectivity index (χ3n) is 6.08. The fraction of sp³-hybridized carbons (Fsp3) is 0.219. The number of hydrogen-bond donors (Lipinski definition) is 2. The maximum absolute atomic E-state index is 13.1. The molecule has 0 aliphatic carbocycles. The molecule has 1 aromatic heterocycles. The van der Waals surface area contributed by atoms with E-state index in [4.69, 9.17) is 14.2 Å². The van der Waals surface area contributed by atoms with E-state index in [9.17, 15) is 14.4 Å². The summed E-state index contributed by atoms with van der Waals surface area (Å²) in [5.74, 6) is -0.0374. The first-order valence-corrected chi connectivity index (χ1v) is 14.1. The second-order valence-corrected chi connectivity index (χ2v) is 10.2. The summed E-state index contributed by atoms with van der Waals surface area (Å²) in [4.78, 5) is 39.6. The zero-order valence-corrected chi connectivity index (χ0v) is 24.2. The van der Waals surface area contributed by atoms with Crippen LogP contribution < -0.4 is 20.1 Å². The molecule has 2 amide bonds. The maximum atomic E-state index is 13.1. The van der Waals surface area contributed by atoms with Gasteiger partial charge in [0.05, 0.1) is 13.2 Å². The van der Waals surface area contributed by atoms with Crippen molar-refractivity contribution in [1.29, 1.82) is 0 Å². The van der Waals surface area contributed by atoms with Crippen molar-refractivity contribution >= 4 is 39.8 Å². The molecule has 3 aromatic carbocycles. The van der Waals surface area contributed by atoms with E-state index in [-0.39, 0.29) is 18.4 Å². The van der Waals surface area contributed by atoms with E-state index in [0.29, 0.717) is 34.2 Å². The van der Waals surface area contributed by atoms with Gasteiger partial charge >= 0.3 is 5.97 Å². The zero-order valence-electron chi connectivity index (χ0n) is 23.4. The number of benzene rings is 3. The van der Waals surface area contributed by atoms with Crippen molar-refractivity contribution in [3.05, 3.63) is 94.9 Å². The first-order chi connectivity index (χ1) is 19.8. The van der Waals surface area contributed by atoms with Crippen molar-refractivity contribution in [3.8, 4) is 22.6 Å². The molecular weight excluding hydrogens is 540 g/mol. The van der Waals surface area contributed by atoms with Gasteiger partial charge in [0.15, 0.2) is 6.10 Å². The van der Waals surface area contributed by atoms with Crippen LogP contribution in [0.4, 0.5) is 10.7 Å². The summed E-state index contributed by atoms with van der Waals surface area (Å²) >= 11 is 1.32. The third kappa shape index (κ3) is 7.32. The summed E-state index contributed by atoms with van der Waals surface area (Å²) in [6.45, 7) is 7.98. The van der Waals surface area contributed by atoms with Gasteiger partial charge in [-0.1, -0.05) is 30.3 Å². The van der Waals surface area contributed by atoms with Crippen LogP contribution in [0.1, 0.15) is 46.4 Å². The molecule has 0 aliphatic rings. The number of hydrogen-bond acceptors (Lipinski definition) is 7. The van der Waals surface area contributed by atoms with Gasteiger partial charge in [-0.25, -0.2) is 4.79 Å². The minimum atomic E-state index is -0.779. The SMILES string of the molecule is CCOC(=O)c1c(NC(=O)c2ccc(O[C@@H](C)C(=O)Nc3ccc(OCC)cc3)cc2)sc(C)c1-c1ccccc1. The summed E-state index contributed by atoms with van der Waals surface area (Å²) in [5.41, 5.74) is 2.94. The number of aryl methyl sites for hydroxylation is 1. The lowest BCUT2D eigenvalue weighted by Gasteiger charge is -2.15. The molecule has 0 unspecified atom stereocenters. The van der Waals surface area contributed by atoms with Crippen molar-refractivity contribution in [2.75, 3.05) is 23.8 Å². The molecule has 0 fully saturated rings. The van der Waals surface area contributed by atoms with E-state index in [1.54, 1.807) is 62.4 Å². The predicted molar refractivity (Wildman–Crippen MR) is 161 cm³/mol. The molecule has 0 saturated heterocycles. The fourth-order valence-corrected chi connectivity index (χ4v) is 5.21. The Kier molecular flexibility index (Phi) is 9.76. The van der Waals surface area contributed by atoms with Crippen LogP contribution in [0.15, 0.2) is 78.9 Å². The molecular formula is C32H32N2O6S. The quantitative estimate of drug-likeness (QED) is 0.188. The normalized spacial score (nSPS) is 11.3. The van der Waals surface area contributed by atoms with Crippen molar-refractivity contribution in [2.24, 2.45) is 0 Å². The van der Waals surface area contributed by atoms with Gasteiger partial charge in [-0.15, -0.1) is 11.3 Å². The molecule has 0 aliphatic heterocycles. The van der Waals surface area contributed by atoms with Crippen molar-refractivity contribution in [2.45, 2.75) is 33.8 Å². The number of ether oxygens (including phenoxy) is 3. The Bertz CT molecular complexity index is 1500. The molecule has 8 nitrogen and oxygen atoms in total. The maximum Gasteiger partial charge on any atom is 0.341 e. The van der Waals surface area contributed by atoms with Crippen molar-refractivity contribution in [1.82, 2.24) is 0 Å². The van der Waals surface area contributed by atoms with Gasteiger partial charge in [-0.2, -0.15) is 0 Å². The van der Waals surface area contributed by atoms with Crippen molar-refractivity contribution < 1.29 is 28.6 Å². The number of nitrogens with one attached hydrogen (secondary N) is 2. The van der Waals surface area contributed by atoms with E-state index >= 15 is 0 Å². The van der Waals surface area contributed by atoms with Gasteiger partial charge in [0, 0.05) is 21.7 Å². The number of rotatable bonds is 11. The van der Waals surface area contributed by atoms with Crippen LogP contribution in [0.2, 0.25) is 0 Å². The predicted octanol–water partition coefficient (Wildman–Crippen LogP) is 6.96. The van der Waals surface area contributed by atoms with Crippen LogP contribution in [0.5, 0.6) is 11.5 Å². The number of esters is 1. The number of anilines is 2. The summed E-state index contributed by atoms with van der Waals surface area (Å²) in [6.07, 6.45) is -0.779. The molecule has 2 N–H and O–H groups in total. The molecule has 41 heavy (non-hydrogen) atoms. The zero-order chi connectivity index (χ0) is 29.4. The Morgan fingerprint density at radius 3 is 2.12 bits per heavy atom. The van der Waals surface area contributed by atoms with Crippen molar-refractivity contribution in [3.63, 3.8) is 0 Å². The first kappa shape index (κ1) is 29.4. The average molecular weight is 573 g/mol. The standard InChI is InChI=1S/C32H32N2O6S/c1-5-38-25-18-14-24(15-19-25)33-29(35)20(3)40-26-16-12-23(13-17-26)30(36)34-31-28(32(37)39-6-2)27(21(4)41-31)22-10-8-7-9-11-22/h7-20H,5-6H2,1-4H3,(H,33,35)(H,34,36)/t20-/m0/s1. The number of carbonyl (C=O) groups is 3. The third-order valence-corrected chi connectivity index (χ3v) is 7.11. The highest BCUT2D eigenvalue weighted by Crippen LogP contribution is 2.40.